The van der Waals surface area contributed by atoms with E-state index in [4.69, 9.17) is 11.3 Å². The lowest BCUT2D eigenvalue weighted by molar-refractivity contribution is 0.191. The van der Waals surface area contributed by atoms with Crippen LogP contribution in [0.2, 0.25) is 0 Å². The summed E-state index contributed by atoms with van der Waals surface area (Å²) in [6.45, 7) is 2.24. The molecule has 0 bridgehead atoms. The Morgan fingerprint density at radius 1 is 1.38 bits per heavy atom. The summed E-state index contributed by atoms with van der Waals surface area (Å²) in [6, 6.07) is 0. The Hall–Kier alpha value is -0.930. The van der Waals surface area contributed by atoms with E-state index in [1.165, 1.54) is 0 Å². The highest BCUT2D eigenvalue weighted by Crippen LogP contribution is 2.42. The highest BCUT2D eigenvalue weighted by molar-refractivity contribution is 7.47. The SMILES string of the molecule is C#CCCC#COP(=O)(O)OCCCCC. The fourth-order valence-corrected chi connectivity index (χ4v) is 1.43. The van der Waals surface area contributed by atoms with Crippen molar-refractivity contribution >= 4 is 7.82 Å². The molecule has 0 aliphatic rings. The molecule has 0 aliphatic heterocycles. The van der Waals surface area contributed by atoms with Gasteiger partial charge in [0.1, 0.15) is 6.11 Å². The van der Waals surface area contributed by atoms with E-state index < -0.39 is 7.82 Å². The Kier molecular flexibility index (Phi) is 8.77. The minimum absolute atomic E-state index is 0.202. The van der Waals surface area contributed by atoms with Gasteiger partial charge in [-0.2, -0.15) is 0 Å². The molecule has 0 fully saturated rings. The van der Waals surface area contributed by atoms with Crippen molar-refractivity contribution in [2.75, 3.05) is 6.61 Å². The van der Waals surface area contributed by atoms with Crippen molar-refractivity contribution in [2.24, 2.45) is 0 Å². The average molecular weight is 244 g/mol. The Morgan fingerprint density at radius 2 is 2.12 bits per heavy atom. The molecule has 0 saturated carbocycles. The molecule has 0 saturated heterocycles. The van der Waals surface area contributed by atoms with E-state index in [9.17, 15) is 4.57 Å². The van der Waals surface area contributed by atoms with Gasteiger partial charge in [-0.15, -0.1) is 12.3 Å². The van der Waals surface area contributed by atoms with E-state index >= 15 is 0 Å². The predicted molar refractivity (Wildman–Crippen MR) is 62.2 cm³/mol. The fourth-order valence-electron chi connectivity index (χ4n) is 0.834. The molecule has 0 amide bonds. The van der Waals surface area contributed by atoms with Crippen molar-refractivity contribution in [2.45, 2.75) is 39.0 Å². The number of rotatable bonds is 7. The zero-order valence-electron chi connectivity index (χ0n) is 9.44. The van der Waals surface area contributed by atoms with Crippen molar-refractivity contribution in [1.82, 2.24) is 0 Å². The number of hydrogen-bond acceptors (Lipinski definition) is 3. The number of phosphoric ester groups is 1. The highest BCUT2D eigenvalue weighted by atomic mass is 31.2. The summed E-state index contributed by atoms with van der Waals surface area (Å²) < 4.78 is 20.3. The summed E-state index contributed by atoms with van der Waals surface area (Å²) >= 11 is 0. The third-order valence-electron chi connectivity index (χ3n) is 1.63. The molecule has 4 nitrogen and oxygen atoms in total. The number of hydrogen-bond donors (Lipinski definition) is 1. The summed E-state index contributed by atoms with van der Waals surface area (Å²) in [7, 11) is -4.01. The zero-order valence-corrected chi connectivity index (χ0v) is 10.3. The maximum atomic E-state index is 11.2. The van der Waals surface area contributed by atoms with Crippen molar-refractivity contribution in [3.05, 3.63) is 0 Å². The second kappa shape index (κ2) is 9.31. The van der Waals surface area contributed by atoms with Crippen LogP contribution in [-0.2, 0) is 13.6 Å². The summed E-state index contributed by atoms with van der Waals surface area (Å²) in [5, 5.41) is 0. The first-order chi connectivity index (χ1) is 7.62. The first-order valence-corrected chi connectivity index (χ1v) is 6.69. The molecule has 0 aromatic heterocycles. The Balaban J connectivity index is 3.72. The summed E-state index contributed by atoms with van der Waals surface area (Å²) in [5.74, 6) is 4.91. The molecule has 1 atom stereocenters. The Bertz CT molecular complexity index is 321. The predicted octanol–water partition coefficient (Wildman–Crippen LogP) is 2.68. The van der Waals surface area contributed by atoms with Crippen LogP contribution in [0.1, 0.15) is 39.0 Å². The normalized spacial score (nSPS) is 13.1. The van der Waals surface area contributed by atoms with Gasteiger partial charge in [0, 0.05) is 12.8 Å². The van der Waals surface area contributed by atoms with Crippen LogP contribution in [0, 0.1) is 24.4 Å². The average Bonchev–Trinajstić information content (AvgIpc) is 2.24. The van der Waals surface area contributed by atoms with Gasteiger partial charge in [-0.25, -0.2) is 4.57 Å². The van der Waals surface area contributed by atoms with Crippen LogP contribution in [0.15, 0.2) is 0 Å². The number of unbranched alkanes of at least 4 members (excludes halogenated alkanes) is 3. The first kappa shape index (κ1) is 15.1. The van der Waals surface area contributed by atoms with Crippen LogP contribution in [0.3, 0.4) is 0 Å². The molecular weight excluding hydrogens is 227 g/mol. The minimum Gasteiger partial charge on any atom is -0.350 e. The molecule has 0 aromatic rings. The molecule has 0 heterocycles. The standard InChI is InChI=1S/C11H17O4P/c1-3-5-7-9-11-15-16(12,13)14-10-8-6-4-2/h1H,4-8,10H2,2H3,(H,12,13). The smallest absolute Gasteiger partial charge is 0.350 e. The molecule has 16 heavy (non-hydrogen) atoms. The third kappa shape index (κ3) is 9.62. The van der Waals surface area contributed by atoms with Crippen LogP contribution in [0.4, 0.5) is 0 Å². The van der Waals surface area contributed by atoms with Gasteiger partial charge in [0.2, 0.25) is 0 Å². The molecule has 0 radical (unpaired) electrons. The van der Waals surface area contributed by atoms with Crippen LogP contribution < -0.4 is 0 Å². The van der Waals surface area contributed by atoms with Crippen LogP contribution in [0.25, 0.3) is 0 Å². The van der Waals surface area contributed by atoms with Crippen molar-refractivity contribution in [1.29, 1.82) is 0 Å². The van der Waals surface area contributed by atoms with E-state index in [-0.39, 0.29) is 6.61 Å². The maximum Gasteiger partial charge on any atom is 0.535 e. The van der Waals surface area contributed by atoms with E-state index in [0.29, 0.717) is 12.8 Å². The molecule has 0 aliphatic carbocycles. The van der Waals surface area contributed by atoms with E-state index in [0.717, 1.165) is 19.3 Å². The molecule has 1 unspecified atom stereocenters. The Labute approximate surface area is 97.0 Å². The van der Waals surface area contributed by atoms with Crippen LogP contribution in [0.5, 0.6) is 0 Å². The molecule has 5 heteroatoms. The lowest BCUT2D eigenvalue weighted by Crippen LogP contribution is -1.94. The van der Waals surface area contributed by atoms with Gasteiger partial charge in [-0.1, -0.05) is 25.7 Å². The number of terminal acetylenes is 1. The summed E-state index contributed by atoms with van der Waals surface area (Å²) in [6.07, 6.45) is 10.8. The molecule has 0 aromatic carbocycles. The van der Waals surface area contributed by atoms with Crippen LogP contribution in [-0.4, -0.2) is 11.5 Å². The third-order valence-corrected chi connectivity index (χ3v) is 2.46. The summed E-state index contributed by atoms with van der Waals surface area (Å²) in [5.41, 5.74) is 0. The van der Waals surface area contributed by atoms with Gasteiger partial charge < -0.3 is 4.52 Å². The van der Waals surface area contributed by atoms with Crippen molar-refractivity contribution in [3.8, 4) is 24.4 Å². The van der Waals surface area contributed by atoms with Gasteiger partial charge in [0.25, 0.3) is 0 Å². The van der Waals surface area contributed by atoms with Crippen LogP contribution >= 0.6 is 7.82 Å². The maximum absolute atomic E-state index is 11.2. The molecule has 0 rings (SSSR count). The monoisotopic (exact) mass is 244 g/mol. The van der Waals surface area contributed by atoms with Gasteiger partial charge in [0.15, 0.2) is 0 Å². The fraction of sp³-hybridized carbons (Fsp3) is 0.636. The van der Waals surface area contributed by atoms with Crippen molar-refractivity contribution < 1.29 is 18.5 Å². The van der Waals surface area contributed by atoms with Gasteiger partial charge in [-0.3, -0.25) is 9.42 Å². The van der Waals surface area contributed by atoms with E-state index in [2.05, 4.69) is 27.0 Å². The molecule has 90 valence electrons. The van der Waals surface area contributed by atoms with E-state index in [1.54, 1.807) is 0 Å². The van der Waals surface area contributed by atoms with Crippen molar-refractivity contribution in [3.63, 3.8) is 0 Å². The topological polar surface area (TPSA) is 55.8 Å². The molecule has 1 N–H and O–H groups in total. The molecular formula is C11H17O4P. The highest BCUT2D eigenvalue weighted by Gasteiger charge is 2.20. The number of phosphoric acid groups is 1. The second-order valence-electron chi connectivity index (χ2n) is 3.08. The largest absolute Gasteiger partial charge is 0.535 e. The lowest BCUT2D eigenvalue weighted by atomic mass is 10.3. The van der Waals surface area contributed by atoms with Gasteiger partial charge in [-0.05, 0) is 6.42 Å². The molecule has 0 spiro atoms. The van der Waals surface area contributed by atoms with Gasteiger partial charge in [0.05, 0.1) is 6.61 Å². The zero-order chi connectivity index (χ0) is 12.3. The van der Waals surface area contributed by atoms with Gasteiger partial charge >= 0.3 is 7.82 Å². The quantitative estimate of drug-likeness (QED) is 0.425. The second-order valence-corrected chi connectivity index (χ2v) is 4.46. The summed E-state index contributed by atoms with van der Waals surface area (Å²) in [4.78, 5) is 9.14. The lowest BCUT2D eigenvalue weighted by Gasteiger charge is -2.07. The Morgan fingerprint density at radius 3 is 2.75 bits per heavy atom. The first-order valence-electron chi connectivity index (χ1n) is 5.19. The van der Waals surface area contributed by atoms with E-state index in [1.807, 2.05) is 6.92 Å². The minimum atomic E-state index is -4.01.